The zero-order valence-electron chi connectivity index (χ0n) is 14.2. The highest BCUT2D eigenvalue weighted by molar-refractivity contribution is 5.83. The van der Waals surface area contributed by atoms with Crippen LogP contribution in [-0.2, 0) is 13.0 Å². The number of hydrogen-bond donors (Lipinski definition) is 0. The normalized spacial score (nSPS) is 15.6. The first-order valence-corrected chi connectivity index (χ1v) is 8.60. The summed E-state index contributed by atoms with van der Waals surface area (Å²) >= 11 is 0. The minimum absolute atomic E-state index is 0.0287. The van der Waals surface area contributed by atoms with Gasteiger partial charge in [0.15, 0.2) is 0 Å². The van der Waals surface area contributed by atoms with E-state index in [4.69, 9.17) is 4.98 Å². The first kappa shape index (κ1) is 16.0. The lowest BCUT2D eigenvalue weighted by Crippen LogP contribution is -2.34. The molecule has 2 heterocycles. The molecule has 25 heavy (non-hydrogen) atoms. The molecule has 0 saturated carbocycles. The van der Waals surface area contributed by atoms with E-state index in [1.165, 1.54) is 12.1 Å². The molecular weight excluding hydrogens is 317 g/mol. The summed E-state index contributed by atoms with van der Waals surface area (Å²) in [6.45, 7) is 2.55. The Morgan fingerprint density at radius 3 is 2.56 bits per heavy atom. The van der Waals surface area contributed by atoms with E-state index in [-0.39, 0.29) is 11.4 Å². The number of rotatable bonds is 1. The van der Waals surface area contributed by atoms with Gasteiger partial charge in [-0.2, -0.15) is 0 Å². The Morgan fingerprint density at radius 1 is 1.00 bits per heavy atom. The molecule has 1 aliphatic heterocycles. The summed E-state index contributed by atoms with van der Waals surface area (Å²) in [5, 5.41) is 0.637. The molecule has 4 nitrogen and oxygen atoms in total. The highest BCUT2D eigenvalue weighted by atomic mass is 19.1. The number of nitrogens with zero attached hydrogens (tertiary/aromatic N) is 3. The molecule has 0 fully saturated rings. The van der Waals surface area contributed by atoms with Crippen LogP contribution in [0.3, 0.4) is 0 Å². The third-order valence-electron chi connectivity index (χ3n) is 4.86. The highest BCUT2D eigenvalue weighted by Gasteiger charge is 2.15. The number of likely N-dealkylation sites (N-methyl/N-ethyl adjacent to an activating group) is 1. The van der Waals surface area contributed by atoms with E-state index < -0.39 is 0 Å². The van der Waals surface area contributed by atoms with Gasteiger partial charge >= 0.3 is 0 Å². The molecule has 3 aromatic rings. The van der Waals surface area contributed by atoms with Gasteiger partial charge in [-0.25, -0.2) is 9.37 Å². The molecule has 0 N–H and O–H groups in total. The molecule has 0 spiro atoms. The molecule has 0 amide bonds. The minimum Gasteiger partial charge on any atom is -0.305 e. The van der Waals surface area contributed by atoms with E-state index in [9.17, 15) is 9.18 Å². The fraction of sp³-hybridized carbons (Fsp3) is 0.300. The van der Waals surface area contributed by atoms with Crippen LogP contribution in [0.4, 0.5) is 4.39 Å². The third kappa shape index (κ3) is 3.07. The molecule has 4 rings (SSSR count). The first-order chi connectivity index (χ1) is 12.1. The predicted molar refractivity (Wildman–Crippen MR) is 97.2 cm³/mol. The number of hydrogen-bond acceptors (Lipinski definition) is 3. The molecule has 128 valence electrons. The largest absolute Gasteiger partial charge is 0.305 e. The summed E-state index contributed by atoms with van der Waals surface area (Å²) in [5.41, 5.74) is 2.60. The lowest BCUT2D eigenvalue weighted by atomic mass is 10.0. The van der Waals surface area contributed by atoms with Crippen molar-refractivity contribution in [3.8, 4) is 11.1 Å². The van der Waals surface area contributed by atoms with Crippen molar-refractivity contribution in [1.29, 1.82) is 0 Å². The van der Waals surface area contributed by atoms with E-state index in [1.54, 1.807) is 12.1 Å². The number of aryl methyl sites for hydroxylation is 1. The number of aromatic nitrogens is 2. The second-order valence-corrected chi connectivity index (χ2v) is 6.63. The van der Waals surface area contributed by atoms with Gasteiger partial charge < -0.3 is 4.90 Å². The first-order valence-electron chi connectivity index (χ1n) is 8.60. The molecule has 0 bridgehead atoms. The van der Waals surface area contributed by atoms with Crippen LogP contribution in [0, 0.1) is 5.82 Å². The SMILES string of the molecule is CN1CCCc2nc3cc(-c4ccc(F)cc4)ccc3c(=O)n2CC1. The molecule has 1 aliphatic rings. The second-order valence-electron chi connectivity index (χ2n) is 6.63. The van der Waals surface area contributed by atoms with Gasteiger partial charge in [-0.1, -0.05) is 18.2 Å². The highest BCUT2D eigenvalue weighted by Crippen LogP contribution is 2.23. The van der Waals surface area contributed by atoms with Crippen LogP contribution in [0.25, 0.3) is 22.0 Å². The second kappa shape index (κ2) is 6.41. The fourth-order valence-corrected chi connectivity index (χ4v) is 3.40. The Balaban J connectivity index is 1.83. The van der Waals surface area contributed by atoms with Gasteiger partial charge in [0, 0.05) is 19.5 Å². The number of fused-ring (bicyclic) bond motifs is 2. The van der Waals surface area contributed by atoms with Gasteiger partial charge in [0.25, 0.3) is 5.56 Å². The van der Waals surface area contributed by atoms with Crippen molar-refractivity contribution in [2.24, 2.45) is 0 Å². The maximum atomic E-state index is 13.1. The number of benzene rings is 2. The van der Waals surface area contributed by atoms with Crippen molar-refractivity contribution in [1.82, 2.24) is 14.5 Å². The van der Waals surface area contributed by atoms with Crippen molar-refractivity contribution in [2.45, 2.75) is 19.4 Å². The van der Waals surface area contributed by atoms with Crippen LogP contribution < -0.4 is 5.56 Å². The molecule has 0 aliphatic carbocycles. The van der Waals surface area contributed by atoms with Crippen molar-refractivity contribution in [3.63, 3.8) is 0 Å². The fourth-order valence-electron chi connectivity index (χ4n) is 3.40. The zero-order valence-corrected chi connectivity index (χ0v) is 14.2. The summed E-state index contributed by atoms with van der Waals surface area (Å²) in [6, 6.07) is 12.0. The summed E-state index contributed by atoms with van der Waals surface area (Å²) in [5.74, 6) is 0.606. The van der Waals surface area contributed by atoms with Crippen LogP contribution >= 0.6 is 0 Å². The lowest BCUT2D eigenvalue weighted by Gasteiger charge is -2.22. The standard InChI is InChI=1S/C20H20FN3O/c1-23-10-2-3-19-22-18-13-15(14-4-7-16(21)8-5-14)6-9-17(18)20(25)24(19)12-11-23/h4-9,13H,2-3,10-12H2,1H3. The lowest BCUT2D eigenvalue weighted by molar-refractivity contribution is 0.295. The molecule has 2 aromatic carbocycles. The van der Waals surface area contributed by atoms with Crippen LogP contribution in [0.5, 0.6) is 0 Å². The van der Waals surface area contributed by atoms with E-state index in [2.05, 4.69) is 11.9 Å². The summed E-state index contributed by atoms with van der Waals surface area (Å²) in [4.78, 5) is 19.9. The van der Waals surface area contributed by atoms with Crippen LogP contribution in [0.15, 0.2) is 47.3 Å². The van der Waals surface area contributed by atoms with Crippen molar-refractivity contribution in [2.75, 3.05) is 20.1 Å². The molecule has 1 aromatic heterocycles. The van der Waals surface area contributed by atoms with Crippen LogP contribution in [-0.4, -0.2) is 34.6 Å². The summed E-state index contributed by atoms with van der Waals surface area (Å²) in [7, 11) is 2.08. The zero-order chi connectivity index (χ0) is 17.4. The Labute approximate surface area is 145 Å². The van der Waals surface area contributed by atoms with E-state index in [1.807, 2.05) is 22.8 Å². The van der Waals surface area contributed by atoms with E-state index in [0.29, 0.717) is 17.4 Å². The summed E-state index contributed by atoms with van der Waals surface area (Å²) in [6.07, 6.45) is 1.79. The number of halogens is 1. The summed E-state index contributed by atoms with van der Waals surface area (Å²) < 4.78 is 15.0. The smallest absolute Gasteiger partial charge is 0.261 e. The molecule has 0 atom stereocenters. The van der Waals surface area contributed by atoms with Gasteiger partial charge in [-0.3, -0.25) is 9.36 Å². The van der Waals surface area contributed by atoms with Crippen LogP contribution in [0.2, 0.25) is 0 Å². The molecular formula is C20H20FN3O. The van der Waals surface area contributed by atoms with Crippen molar-refractivity contribution >= 4 is 10.9 Å². The van der Waals surface area contributed by atoms with Crippen molar-refractivity contribution in [3.05, 3.63) is 64.5 Å². The topological polar surface area (TPSA) is 38.1 Å². The van der Waals surface area contributed by atoms with Crippen molar-refractivity contribution < 1.29 is 4.39 Å². The van der Waals surface area contributed by atoms with Gasteiger partial charge in [-0.15, -0.1) is 0 Å². The van der Waals surface area contributed by atoms with Gasteiger partial charge in [0.05, 0.1) is 10.9 Å². The van der Waals surface area contributed by atoms with E-state index >= 15 is 0 Å². The predicted octanol–water partition coefficient (Wildman–Crippen LogP) is 3.08. The molecule has 5 heteroatoms. The Bertz CT molecular complexity index is 979. The molecule has 0 unspecified atom stereocenters. The third-order valence-corrected chi connectivity index (χ3v) is 4.86. The minimum atomic E-state index is -0.257. The Kier molecular flexibility index (Phi) is 4.09. The van der Waals surface area contributed by atoms with Gasteiger partial charge in [0.2, 0.25) is 0 Å². The monoisotopic (exact) mass is 337 g/mol. The average Bonchev–Trinajstić information content (AvgIpc) is 2.60. The average molecular weight is 337 g/mol. The maximum absolute atomic E-state index is 13.1. The maximum Gasteiger partial charge on any atom is 0.261 e. The van der Waals surface area contributed by atoms with Gasteiger partial charge in [0.1, 0.15) is 11.6 Å². The van der Waals surface area contributed by atoms with E-state index in [0.717, 1.165) is 42.9 Å². The Morgan fingerprint density at radius 2 is 1.76 bits per heavy atom. The van der Waals surface area contributed by atoms with Crippen LogP contribution in [0.1, 0.15) is 12.2 Å². The van der Waals surface area contributed by atoms with Gasteiger partial charge in [-0.05, 0) is 55.4 Å². The molecule has 0 radical (unpaired) electrons. The quantitative estimate of drug-likeness (QED) is 0.685. The Hall–Kier alpha value is -2.53. The molecule has 0 saturated heterocycles.